The van der Waals surface area contributed by atoms with E-state index in [9.17, 15) is 29.4 Å². The number of aliphatic carboxylic acids is 2. The SMILES string of the molecule is CCCOC(=O)Cc1c2cc(OCc3ccccc3)cc1Cc1cc(OCc3ccccc3)cc(c1CC(=O)OCCC)Cc1cc(OCc3ccccc3)cc(c1CC(=O)O)Cc1cc(OCc3ccccc3)cc(c1CC(=O)O)C2. The highest BCUT2D eigenvalue weighted by Crippen LogP contribution is 2.38. The first-order valence-corrected chi connectivity index (χ1v) is 28.0. The summed E-state index contributed by atoms with van der Waals surface area (Å²) in [6.07, 6.45) is 0.700. The zero-order valence-electron chi connectivity index (χ0n) is 46.5. The molecular weight excluding hydrogens is 1030 g/mol. The summed E-state index contributed by atoms with van der Waals surface area (Å²) >= 11 is 0. The fraction of sp³-hybridized carbons (Fsp3) is 0.257. The Bertz CT molecular complexity index is 3260. The molecule has 0 saturated carbocycles. The highest BCUT2D eigenvalue weighted by Gasteiger charge is 2.27. The van der Waals surface area contributed by atoms with Gasteiger partial charge in [-0.3, -0.25) is 19.2 Å². The van der Waals surface area contributed by atoms with Gasteiger partial charge in [0.05, 0.1) is 38.9 Å². The summed E-state index contributed by atoms with van der Waals surface area (Å²) < 4.78 is 38.3. The van der Waals surface area contributed by atoms with Crippen LogP contribution in [0.25, 0.3) is 0 Å². The summed E-state index contributed by atoms with van der Waals surface area (Å²) in [7, 11) is 0. The lowest BCUT2D eigenvalue weighted by Gasteiger charge is -2.24. The van der Waals surface area contributed by atoms with Gasteiger partial charge >= 0.3 is 23.9 Å². The van der Waals surface area contributed by atoms with Crippen molar-refractivity contribution in [3.8, 4) is 23.0 Å². The van der Waals surface area contributed by atoms with Gasteiger partial charge in [-0.2, -0.15) is 0 Å². The average molecular weight is 1100 g/mol. The number of rotatable bonds is 24. The molecule has 9 rings (SSSR count). The van der Waals surface area contributed by atoms with Crippen molar-refractivity contribution in [2.45, 2.75) is 104 Å². The molecular formula is C70H68O12. The minimum atomic E-state index is -1.07. The number of ether oxygens (including phenoxy) is 6. The molecule has 12 nitrogen and oxygen atoms in total. The van der Waals surface area contributed by atoms with E-state index in [0.717, 1.165) is 22.3 Å². The largest absolute Gasteiger partial charge is 0.489 e. The van der Waals surface area contributed by atoms with E-state index in [4.69, 9.17) is 28.4 Å². The maximum atomic E-state index is 14.2. The zero-order chi connectivity index (χ0) is 57.2. The van der Waals surface area contributed by atoms with Gasteiger partial charge in [0.15, 0.2) is 0 Å². The molecule has 0 fully saturated rings. The van der Waals surface area contributed by atoms with E-state index < -0.39 is 23.9 Å². The van der Waals surface area contributed by atoms with Gasteiger partial charge in [0.1, 0.15) is 49.4 Å². The Morgan fingerprint density at radius 2 is 0.561 bits per heavy atom. The number of carbonyl (C=O) groups excluding carboxylic acids is 2. The molecule has 8 aromatic rings. The van der Waals surface area contributed by atoms with Crippen LogP contribution in [0.15, 0.2) is 170 Å². The first kappa shape index (κ1) is 57.5. The molecule has 0 spiro atoms. The summed E-state index contributed by atoms with van der Waals surface area (Å²) in [6, 6.07) is 54.2. The average Bonchev–Trinajstić information content (AvgIpc) is 3.68. The Labute approximate surface area is 479 Å². The van der Waals surface area contributed by atoms with E-state index in [1.165, 1.54) is 0 Å². The van der Waals surface area contributed by atoms with E-state index >= 15 is 0 Å². The predicted molar refractivity (Wildman–Crippen MR) is 313 cm³/mol. The normalized spacial score (nSPS) is 11.7. The molecule has 8 aromatic carbocycles. The van der Waals surface area contributed by atoms with Crippen LogP contribution < -0.4 is 18.9 Å². The second kappa shape index (κ2) is 28.3. The van der Waals surface area contributed by atoms with Crippen LogP contribution in [0.1, 0.15) is 116 Å². The van der Waals surface area contributed by atoms with Crippen LogP contribution in [0.3, 0.4) is 0 Å². The topological polar surface area (TPSA) is 164 Å². The van der Waals surface area contributed by atoms with Crippen molar-refractivity contribution in [1.82, 2.24) is 0 Å². The highest BCUT2D eigenvalue weighted by atomic mass is 16.5. The lowest BCUT2D eigenvalue weighted by molar-refractivity contribution is -0.143. The van der Waals surface area contributed by atoms with Gasteiger partial charge in [0.25, 0.3) is 0 Å². The lowest BCUT2D eigenvalue weighted by atomic mass is 9.82. The molecule has 1 aliphatic carbocycles. The fourth-order valence-electron chi connectivity index (χ4n) is 10.5. The molecule has 0 saturated heterocycles. The summed E-state index contributed by atoms with van der Waals surface area (Å²) in [5, 5.41) is 21.7. The van der Waals surface area contributed by atoms with E-state index in [1.807, 2.05) is 184 Å². The fourth-order valence-corrected chi connectivity index (χ4v) is 10.5. The third kappa shape index (κ3) is 16.0. The molecule has 420 valence electrons. The maximum absolute atomic E-state index is 14.2. The Morgan fingerprint density at radius 1 is 0.341 bits per heavy atom. The second-order valence-electron chi connectivity index (χ2n) is 20.6. The third-order valence-corrected chi connectivity index (χ3v) is 14.4. The van der Waals surface area contributed by atoms with Gasteiger partial charge in [0, 0.05) is 0 Å². The number of hydrogen-bond acceptors (Lipinski definition) is 10. The summed E-state index contributed by atoms with van der Waals surface area (Å²) in [5.41, 5.74) is 11.3. The monoisotopic (exact) mass is 1100 g/mol. The second-order valence-corrected chi connectivity index (χ2v) is 20.6. The molecule has 0 aliphatic heterocycles. The number of carboxylic acid groups (broad SMARTS) is 2. The van der Waals surface area contributed by atoms with Crippen molar-refractivity contribution in [3.63, 3.8) is 0 Å². The maximum Gasteiger partial charge on any atom is 0.310 e. The highest BCUT2D eigenvalue weighted by molar-refractivity contribution is 5.77. The number of carboxylic acids is 2. The quantitative estimate of drug-likeness (QED) is 0.0551. The minimum Gasteiger partial charge on any atom is -0.489 e. The first-order chi connectivity index (χ1) is 40.0. The smallest absolute Gasteiger partial charge is 0.310 e. The molecule has 1 aliphatic rings. The van der Waals surface area contributed by atoms with Crippen molar-refractivity contribution in [2.24, 2.45) is 0 Å². The molecule has 0 unspecified atom stereocenters. The number of carbonyl (C=O) groups is 4. The Kier molecular flexibility index (Phi) is 19.9. The minimum absolute atomic E-state index is 0.0830. The molecule has 8 bridgehead atoms. The van der Waals surface area contributed by atoms with Crippen molar-refractivity contribution < 1.29 is 57.8 Å². The van der Waals surface area contributed by atoms with Gasteiger partial charge < -0.3 is 38.6 Å². The van der Waals surface area contributed by atoms with Gasteiger partial charge in [-0.15, -0.1) is 0 Å². The Hall–Kier alpha value is -9.16. The summed E-state index contributed by atoms with van der Waals surface area (Å²) in [4.78, 5) is 54.8. The van der Waals surface area contributed by atoms with Crippen LogP contribution in [0.2, 0.25) is 0 Å². The van der Waals surface area contributed by atoms with E-state index in [2.05, 4.69) is 0 Å². The van der Waals surface area contributed by atoms with Gasteiger partial charge in [0.2, 0.25) is 0 Å². The Balaban J connectivity index is 1.34. The van der Waals surface area contributed by atoms with Gasteiger partial charge in [-0.25, -0.2) is 0 Å². The van der Waals surface area contributed by atoms with E-state index in [1.54, 1.807) is 0 Å². The van der Waals surface area contributed by atoms with Gasteiger partial charge in [-0.05, 0) is 176 Å². The van der Waals surface area contributed by atoms with Crippen LogP contribution in [-0.4, -0.2) is 47.3 Å². The lowest BCUT2D eigenvalue weighted by Crippen LogP contribution is -2.17. The molecule has 0 amide bonds. The molecule has 0 heterocycles. The Morgan fingerprint density at radius 3 is 0.768 bits per heavy atom. The molecule has 2 N–H and O–H groups in total. The van der Waals surface area contributed by atoms with Crippen LogP contribution in [0.5, 0.6) is 23.0 Å². The van der Waals surface area contributed by atoms with Crippen LogP contribution in [0.4, 0.5) is 0 Å². The van der Waals surface area contributed by atoms with Crippen molar-refractivity contribution in [1.29, 1.82) is 0 Å². The number of hydrogen-bond donors (Lipinski definition) is 2. The molecule has 0 aromatic heterocycles. The first-order valence-electron chi connectivity index (χ1n) is 28.0. The predicted octanol–water partition coefficient (Wildman–Crippen LogP) is 12.9. The number of esters is 2. The standard InChI is InChI=1S/C70H68O12/c1-3-25-77-69(75)41-65-55-28-53-33-59(79-43-47-17-9-5-10-18-47)31-51(63(53)39-67(71)72)27-52-32-60(80-44-48-19-11-6-12-20-48)34-54(64(52)40-68(73)74)29-56-36-62(82-46-50-23-15-8-16-24-50)38-58(66(56)42-70(76)78-26-4-2)30-57(65)37-61(35-55)81-45-49-21-13-7-14-22-49/h5-24,31-38H,3-4,25-30,39-46H2,1-2H3,(H,71,72)(H,73,74). The number of benzene rings is 8. The molecule has 0 atom stereocenters. The number of fused-ring (bicyclic) bond motifs is 8. The summed E-state index contributed by atoms with van der Waals surface area (Å²) in [6.45, 7) is 5.16. The van der Waals surface area contributed by atoms with Crippen molar-refractivity contribution in [3.05, 3.63) is 259 Å². The molecule has 12 heteroatoms. The van der Waals surface area contributed by atoms with Gasteiger partial charge in [-0.1, -0.05) is 135 Å². The van der Waals surface area contributed by atoms with Crippen LogP contribution in [0, 0.1) is 0 Å². The third-order valence-electron chi connectivity index (χ3n) is 14.4. The van der Waals surface area contributed by atoms with Crippen LogP contribution >= 0.6 is 0 Å². The van der Waals surface area contributed by atoms with Crippen molar-refractivity contribution >= 4 is 23.9 Å². The zero-order valence-corrected chi connectivity index (χ0v) is 46.5. The van der Waals surface area contributed by atoms with E-state index in [-0.39, 0.29) is 91.0 Å². The van der Waals surface area contributed by atoms with Crippen molar-refractivity contribution in [2.75, 3.05) is 13.2 Å². The molecule has 82 heavy (non-hydrogen) atoms. The van der Waals surface area contributed by atoms with E-state index in [0.29, 0.717) is 103 Å². The molecule has 0 radical (unpaired) electrons. The summed E-state index contributed by atoms with van der Waals surface area (Å²) in [5.74, 6) is -1.07. The van der Waals surface area contributed by atoms with Crippen LogP contribution in [-0.2, 0) is 106 Å².